The summed E-state index contributed by atoms with van der Waals surface area (Å²) >= 11 is 6.32. The number of halogens is 2. The second-order valence-corrected chi connectivity index (χ2v) is 11.9. The number of benzene rings is 2. The molecule has 0 spiro atoms. The molecule has 192 valence electrons. The van der Waals surface area contributed by atoms with Crippen LogP contribution >= 0.6 is 11.6 Å². The molecule has 3 atom stereocenters. The molecule has 3 heterocycles. The summed E-state index contributed by atoms with van der Waals surface area (Å²) in [6, 6.07) is 7.45. The second kappa shape index (κ2) is 9.66. The lowest BCUT2D eigenvalue weighted by Gasteiger charge is -2.43. The molecule has 3 aromatic rings. The van der Waals surface area contributed by atoms with Crippen LogP contribution in [0.4, 0.5) is 10.1 Å². The van der Waals surface area contributed by atoms with E-state index in [0.29, 0.717) is 28.6 Å². The number of hydrogen-bond donors (Lipinski definition) is 1. The topological polar surface area (TPSA) is 91.7 Å². The highest BCUT2D eigenvalue weighted by atomic mass is 35.5. The van der Waals surface area contributed by atoms with E-state index >= 15 is 4.39 Å². The smallest absolute Gasteiger partial charge is 0.391 e. The van der Waals surface area contributed by atoms with E-state index in [-0.39, 0.29) is 25.1 Å². The number of aryl methyl sites for hydroxylation is 1. The average Bonchev–Trinajstić information content (AvgIpc) is 3.50. The number of nitrogens with one attached hydrogen (secondary N) is 1. The van der Waals surface area contributed by atoms with Crippen molar-refractivity contribution >= 4 is 32.9 Å². The lowest BCUT2D eigenvalue weighted by atomic mass is 9.97. The molecule has 1 N–H and O–H groups in total. The van der Waals surface area contributed by atoms with E-state index in [4.69, 9.17) is 20.8 Å². The fourth-order valence-corrected chi connectivity index (χ4v) is 7.06. The van der Waals surface area contributed by atoms with Crippen molar-refractivity contribution in [2.24, 2.45) is 0 Å². The maximum absolute atomic E-state index is 15.0. The summed E-state index contributed by atoms with van der Waals surface area (Å²) < 4.78 is 42.3. The summed E-state index contributed by atoms with van der Waals surface area (Å²) in [5.41, 5.74) is 2.85. The molecule has 0 bridgehead atoms. The first-order valence-corrected chi connectivity index (χ1v) is 13.8. The Morgan fingerprint density at radius 3 is 2.83 bits per heavy atom. The minimum Gasteiger partial charge on any atom is -0.391 e. The van der Waals surface area contributed by atoms with Gasteiger partial charge in [-0.15, -0.1) is 5.10 Å². The predicted octanol–water partition coefficient (Wildman–Crippen LogP) is 4.01. The number of fused-ring (bicyclic) bond motifs is 1. The molecule has 8 nitrogen and oxygen atoms in total. The van der Waals surface area contributed by atoms with Crippen LogP contribution in [0.1, 0.15) is 41.5 Å². The third-order valence-corrected chi connectivity index (χ3v) is 9.43. The summed E-state index contributed by atoms with van der Waals surface area (Å²) in [7, 11) is -3.11. The molecule has 36 heavy (non-hydrogen) atoms. The molecular formula is C25H28ClFN4O4S. The Labute approximate surface area is 214 Å². The van der Waals surface area contributed by atoms with Gasteiger partial charge in [-0.3, -0.25) is 0 Å². The number of anilines is 1. The van der Waals surface area contributed by atoms with E-state index < -0.39 is 27.3 Å². The average molecular weight is 535 g/mol. The molecule has 11 heteroatoms. The van der Waals surface area contributed by atoms with Crippen molar-refractivity contribution in [1.29, 1.82) is 0 Å². The maximum Gasteiger partial charge on any atom is 0.434 e. The second-order valence-electron chi connectivity index (χ2n) is 9.31. The van der Waals surface area contributed by atoms with E-state index in [9.17, 15) is 9.00 Å². The minimum absolute atomic E-state index is 0.0101. The molecular weight excluding hydrogens is 507 g/mol. The first-order valence-electron chi connectivity index (χ1n) is 11.8. The molecule has 0 saturated carbocycles. The van der Waals surface area contributed by atoms with Crippen molar-refractivity contribution in [1.82, 2.24) is 14.5 Å². The quantitative estimate of drug-likeness (QED) is 0.481. The van der Waals surface area contributed by atoms with Gasteiger partial charge in [-0.1, -0.05) is 17.7 Å². The van der Waals surface area contributed by atoms with Gasteiger partial charge in [0.2, 0.25) is 5.89 Å². The van der Waals surface area contributed by atoms with Crippen molar-refractivity contribution < 1.29 is 17.8 Å². The summed E-state index contributed by atoms with van der Waals surface area (Å²) in [6.45, 7) is 5.16. The summed E-state index contributed by atoms with van der Waals surface area (Å²) in [5.74, 6) is 2.99. The zero-order valence-corrected chi connectivity index (χ0v) is 21.7. The van der Waals surface area contributed by atoms with Gasteiger partial charge < -0.3 is 14.1 Å². The Hall–Kier alpha value is -2.66. The minimum atomic E-state index is -3.11. The molecule has 1 aromatic heterocycles. The van der Waals surface area contributed by atoms with Gasteiger partial charge in [-0.05, 0) is 73.5 Å². The highest BCUT2D eigenvalue weighted by Gasteiger charge is 2.40. The normalized spacial score (nSPS) is 23.1. The van der Waals surface area contributed by atoms with Crippen LogP contribution in [-0.4, -0.2) is 50.5 Å². The number of H-pyrrole nitrogens is 1. The van der Waals surface area contributed by atoms with E-state index in [2.05, 4.69) is 16.1 Å². The van der Waals surface area contributed by atoms with Gasteiger partial charge in [-0.25, -0.2) is 18.5 Å². The Morgan fingerprint density at radius 1 is 1.33 bits per heavy atom. The monoisotopic (exact) mass is 534 g/mol. The Bertz CT molecular complexity index is 1450. The lowest BCUT2D eigenvalue weighted by molar-refractivity contribution is 0.112. The molecule has 1 saturated heterocycles. The van der Waals surface area contributed by atoms with Crippen molar-refractivity contribution in [3.05, 3.63) is 74.3 Å². The Kier molecular flexibility index (Phi) is 6.71. The van der Waals surface area contributed by atoms with Gasteiger partial charge in [0, 0.05) is 24.6 Å². The first-order chi connectivity index (χ1) is 17.1. The van der Waals surface area contributed by atoms with E-state index in [1.807, 2.05) is 18.7 Å². The van der Waals surface area contributed by atoms with Crippen LogP contribution in [0.5, 0.6) is 0 Å². The number of hydrogen-bond acceptors (Lipinski definition) is 6. The standard InChI is InChI=1S/C25H28ClFN4O4S/c1-15-6-8-20(27)19(16(15)2)12-22(24-28-29-25(32)35-24)31-14-30(13-18-5-4-10-34-18)21-11-17(26)7-9-23(21)36(31,3)33/h6-9,11,18,22H,3-5,10,12-14H2,1-2H3,(H,29,32)/t18-,22?,36?/m0/s1. The molecule has 2 aliphatic heterocycles. The first kappa shape index (κ1) is 25.0. The Morgan fingerprint density at radius 2 is 2.14 bits per heavy atom. The largest absolute Gasteiger partial charge is 0.434 e. The number of ether oxygens (including phenoxy) is 1. The number of rotatable bonds is 6. The maximum atomic E-state index is 15.0. The van der Waals surface area contributed by atoms with Crippen molar-refractivity contribution in [3.63, 3.8) is 0 Å². The van der Waals surface area contributed by atoms with E-state index in [0.717, 1.165) is 29.7 Å². The molecule has 5 rings (SSSR count). The molecule has 1 fully saturated rings. The highest BCUT2D eigenvalue weighted by Crippen LogP contribution is 2.41. The zero-order valence-electron chi connectivity index (χ0n) is 20.1. The zero-order chi connectivity index (χ0) is 25.6. The van der Waals surface area contributed by atoms with Crippen molar-refractivity contribution in [2.75, 3.05) is 24.7 Å². The van der Waals surface area contributed by atoms with Crippen LogP contribution in [-0.2, 0) is 20.9 Å². The molecule has 2 unspecified atom stereocenters. The molecule has 0 amide bonds. The summed E-state index contributed by atoms with van der Waals surface area (Å²) in [5, 5.41) is 6.84. The van der Waals surface area contributed by atoms with Crippen molar-refractivity contribution in [3.8, 4) is 0 Å². The van der Waals surface area contributed by atoms with Gasteiger partial charge in [-0.2, -0.15) is 4.31 Å². The van der Waals surface area contributed by atoms with Crippen LogP contribution < -0.4 is 10.7 Å². The van der Waals surface area contributed by atoms with Crippen LogP contribution in [0.15, 0.2) is 44.4 Å². The van der Waals surface area contributed by atoms with E-state index in [1.54, 1.807) is 28.6 Å². The van der Waals surface area contributed by atoms with Crippen LogP contribution in [0, 0.1) is 19.7 Å². The van der Waals surface area contributed by atoms with Gasteiger partial charge in [0.1, 0.15) is 11.9 Å². The van der Waals surface area contributed by atoms with Gasteiger partial charge in [0.15, 0.2) is 0 Å². The lowest BCUT2D eigenvalue weighted by Crippen LogP contribution is -2.50. The van der Waals surface area contributed by atoms with Crippen LogP contribution in [0.3, 0.4) is 0 Å². The molecule has 0 radical (unpaired) electrons. The van der Waals surface area contributed by atoms with E-state index in [1.165, 1.54) is 6.07 Å². The van der Waals surface area contributed by atoms with Gasteiger partial charge in [0.05, 0.1) is 33.1 Å². The third-order valence-electron chi connectivity index (χ3n) is 7.04. The van der Waals surface area contributed by atoms with Gasteiger partial charge in [0.25, 0.3) is 0 Å². The number of aromatic amines is 1. The van der Waals surface area contributed by atoms with Crippen molar-refractivity contribution in [2.45, 2.75) is 50.2 Å². The predicted molar refractivity (Wildman–Crippen MR) is 137 cm³/mol. The molecule has 2 aliphatic rings. The number of nitrogens with zero attached hydrogens (tertiary/aromatic N) is 3. The fraction of sp³-hybridized carbons (Fsp3) is 0.400. The summed E-state index contributed by atoms with van der Waals surface area (Å²) in [6.07, 6.45) is 1.98. The Balaban J connectivity index is 1.62. The molecule has 0 aliphatic carbocycles. The summed E-state index contributed by atoms with van der Waals surface area (Å²) in [4.78, 5) is 14.4. The van der Waals surface area contributed by atoms with Gasteiger partial charge >= 0.3 is 5.76 Å². The van der Waals surface area contributed by atoms with Crippen LogP contribution in [0.2, 0.25) is 5.02 Å². The number of aromatic nitrogens is 2. The fourth-order valence-electron chi connectivity index (χ4n) is 4.95. The third kappa shape index (κ3) is 4.58. The molecule has 2 aromatic carbocycles. The highest BCUT2D eigenvalue weighted by molar-refractivity contribution is 7.98. The van der Waals surface area contributed by atoms with Crippen LogP contribution in [0.25, 0.3) is 0 Å². The SMILES string of the molecule is C=S1(=O)c2ccc(Cl)cc2N(C[C@@H]2CCCO2)CN1C(Cc1c(F)ccc(C)c1C)c1n[nH]c(=O)o1.